The third kappa shape index (κ3) is 3.36. The summed E-state index contributed by atoms with van der Waals surface area (Å²) in [6, 6.07) is 3.73. The number of hydrogen-bond donors (Lipinski definition) is 2. The molecule has 1 aliphatic heterocycles. The van der Waals surface area contributed by atoms with Crippen LogP contribution in [0.5, 0.6) is 0 Å². The number of aromatic nitrogens is 1. The highest BCUT2D eigenvalue weighted by molar-refractivity contribution is 7.80. The van der Waals surface area contributed by atoms with E-state index < -0.39 is 0 Å². The Morgan fingerprint density at radius 2 is 2.47 bits per heavy atom. The molecule has 2 heterocycles. The van der Waals surface area contributed by atoms with Crippen molar-refractivity contribution in [3.05, 3.63) is 24.0 Å². The minimum atomic E-state index is 0.0585. The molecule has 1 atom stereocenters. The lowest BCUT2D eigenvalue weighted by molar-refractivity contribution is -0.0818. The van der Waals surface area contributed by atoms with Gasteiger partial charge in [-0.1, -0.05) is 12.2 Å². The Hall–Kier alpha value is -1.24. The van der Waals surface area contributed by atoms with Crippen LogP contribution in [0.4, 0.5) is 5.69 Å². The van der Waals surface area contributed by atoms with Crippen molar-refractivity contribution in [2.75, 3.05) is 31.7 Å². The molecule has 0 aliphatic carbocycles. The first-order valence-corrected chi connectivity index (χ1v) is 5.86. The highest BCUT2D eigenvalue weighted by Gasteiger charge is 2.15. The molecule has 0 saturated carbocycles. The lowest BCUT2D eigenvalue weighted by atomic mass is 10.2. The van der Waals surface area contributed by atoms with E-state index in [2.05, 4.69) is 10.3 Å². The molecule has 1 aliphatic rings. The van der Waals surface area contributed by atoms with Crippen LogP contribution in [0.1, 0.15) is 5.69 Å². The number of nitrogens with zero attached hydrogens (tertiary/aromatic N) is 1. The van der Waals surface area contributed by atoms with Gasteiger partial charge in [-0.05, 0) is 12.1 Å². The molecule has 2 rings (SSSR count). The zero-order chi connectivity index (χ0) is 12.1. The van der Waals surface area contributed by atoms with E-state index in [0.29, 0.717) is 32.1 Å². The van der Waals surface area contributed by atoms with Crippen LogP contribution >= 0.6 is 12.2 Å². The fourth-order valence-electron chi connectivity index (χ4n) is 1.62. The minimum Gasteiger partial charge on any atom is -0.388 e. The summed E-state index contributed by atoms with van der Waals surface area (Å²) in [6.07, 6.45) is 1.73. The van der Waals surface area contributed by atoms with Crippen LogP contribution in [-0.4, -0.2) is 42.4 Å². The number of anilines is 1. The van der Waals surface area contributed by atoms with Crippen LogP contribution in [0.2, 0.25) is 0 Å². The number of pyridine rings is 1. The molecule has 17 heavy (non-hydrogen) atoms. The van der Waals surface area contributed by atoms with Crippen molar-refractivity contribution in [2.24, 2.45) is 5.73 Å². The average Bonchev–Trinajstić information content (AvgIpc) is 2.38. The second-order valence-corrected chi connectivity index (χ2v) is 4.15. The first kappa shape index (κ1) is 12.2. The van der Waals surface area contributed by atoms with Gasteiger partial charge in [-0.25, -0.2) is 0 Å². The molecule has 3 N–H and O–H groups in total. The summed E-state index contributed by atoms with van der Waals surface area (Å²) in [7, 11) is 0. The van der Waals surface area contributed by atoms with Gasteiger partial charge in [0.1, 0.15) is 10.7 Å². The minimum absolute atomic E-state index is 0.0585. The van der Waals surface area contributed by atoms with E-state index in [1.54, 1.807) is 6.20 Å². The van der Waals surface area contributed by atoms with Crippen molar-refractivity contribution >= 4 is 22.9 Å². The molecule has 0 bridgehead atoms. The third-order valence-corrected chi connectivity index (χ3v) is 2.64. The second-order valence-electron chi connectivity index (χ2n) is 3.71. The lowest BCUT2D eigenvalue weighted by Crippen LogP contribution is -2.34. The molecule has 1 fully saturated rings. The Morgan fingerprint density at radius 3 is 3.18 bits per heavy atom. The Kier molecular flexibility index (Phi) is 4.24. The van der Waals surface area contributed by atoms with Crippen LogP contribution in [0.15, 0.2) is 18.3 Å². The molecule has 0 aromatic carbocycles. The highest BCUT2D eigenvalue weighted by Crippen LogP contribution is 2.12. The number of rotatable bonds is 4. The van der Waals surface area contributed by atoms with Crippen molar-refractivity contribution in [3.8, 4) is 0 Å². The summed E-state index contributed by atoms with van der Waals surface area (Å²) >= 11 is 4.94. The molecule has 0 spiro atoms. The molecular weight excluding hydrogens is 238 g/mol. The normalized spacial score (nSPS) is 19.9. The Balaban J connectivity index is 1.96. The van der Waals surface area contributed by atoms with E-state index >= 15 is 0 Å². The standard InChI is InChI=1S/C11H15N3O2S/c12-11(17)10-9(2-1-3-13-10)14-6-8-7-15-4-5-16-8/h1-3,8,14H,4-7H2,(H2,12,17). The average molecular weight is 253 g/mol. The predicted molar refractivity (Wildman–Crippen MR) is 69.2 cm³/mol. The molecular formula is C11H15N3O2S. The lowest BCUT2D eigenvalue weighted by Gasteiger charge is -2.23. The number of ether oxygens (including phenoxy) is 2. The van der Waals surface area contributed by atoms with Crippen LogP contribution in [0, 0.1) is 0 Å². The fraction of sp³-hybridized carbons (Fsp3) is 0.455. The first-order valence-electron chi connectivity index (χ1n) is 5.45. The van der Waals surface area contributed by atoms with Gasteiger partial charge in [-0.2, -0.15) is 0 Å². The van der Waals surface area contributed by atoms with Crippen LogP contribution in [-0.2, 0) is 9.47 Å². The Bertz CT molecular complexity index is 394. The molecule has 0 amide bonds. The smallest absolute Gasteiger partial charge is 0.124 e. The van der Waals surface area contributed by atoms with Gasteiger partial charge in [0, 0.05) is 12.7 Å². The monoisotopic (exact) mass is 253 g/mol. The predicted octanol–water partition coefficient (Wildman–Crippen LogP) is 0.543. The van der Waals surface area contributed by atoms with Gasteiger partial charge < -0.3 is 20.5 Å². The van der Waals surface area contributed by atoms with Gasteiger partial charge in [0.05, 0.1) is 31.6 Å². The SMILES string of the molecule is NC(=S)c1ncccc1NCC1COCCO1. The number of thiocarbonyl (C=S) groups is 1. The first-order chi connectivity index (χ1) is 8.27. The van der Waals surface area contributed by atoms with Gasteiger partial charge in [0.25, 0.3) is 0 Å². The number of nitrogens with one attached hydrogen (secondary N) is 1. The summed E-state index contributed by atoms with van der Waals surface area (Å²) < 4.78 is 10.8. The highest BCUT2D eigenvalue weighted by atomic mass is 32.1. The summed E-state index contributed by atoms with van der Waals surface area (Å²) in [5.41, 5.74) is 7.03. The maximum absolute atomic E-state index is 5.60. The van der Waals surface area contributed by atoms with Gasteiger partial charge in [-0.15, -0.1) is 0 Å². The molecule has 1 aromatic rings. The summed E-state index contributed by atoms with van der Waals surface area (Å²) in [5, 5.41) is 3.23. The Morgan fingerprint density at radius 1 is 1.59 bits per heavy atom. The van der Waals surface area contributed by atoms with E-state index in [0.717, 1.165) is 5.69 Å². The second kappa shape index (κ2) is 5.90. The summed E-state index contributed by atoms with van der Waals surface area (Å²) in [5.74, 6) is 0. The van der Waals surface area contributed by atoms with Crippen molar-refractivity contribution in [1.82, 2.24) is 4.98 Å². The quantitative estimate of drug-likeness (QED) is 0.763. The van der Waals surface area contributed by atoms with Crippen molar-refractivity contribution < 1.29 is 9.47 Å². The van der Waals surface area contributed by atoms with Crippen molar-refractivity contribution in [3.63, 3.8) is 0 Å². The number of nitrogens with two attached hydrogens (primary N) is 1. The van der Waals surface area contributed by atoms with Crippen LogP contribution < -0.4 is 11.1 Å². The summed E-state index contributed by atoms with van der Waals surface area (Å²) in [6.45, 7) is 2.57. The molecule has 5 nitrogen and oxygen atoms in total. The van der Waals surface area contributed by atoms with E-state index in [1.807, 2.05) is 12.1 Å². The van der Waals surface area contributed by atoms with E-state index in [9.17, 15) is 0 Å². The van der Waals surface area contributed by atoms with Gasteiger partial charge in [0.15, 0.2) is 0 Å². The maximum Gasteiger partial charge on any atom is 0.124 e. The summed E-state index contributed by atoms with van der Waals surface area (Å²) in [4.78, 5) is 4.43. The molecule has 92 valence electrons. The Labute approximate surface area is 105 Å². The topological polar surface area (TPSA) is 69.4 Å². The zero-order valence-corrected chi connectivity index (χ0v) is 10.2. The van der Waals surface area contributed by atoms with Gasteiger partial charge in [-0.3, -0.25) is 4.98 Å². The largest absolute Gasteiger partial charge is 0.388 e. The third-order valence-electron chi connectivity index (χ3n) is 2.45. The molecule has 1 aromatic heterocycles. The van der Waals surface area contributed by atoms with Gasteiger partial charge in [0.2, 0.25) is 0 Å². The molecule has 6 heteroatoms. The van der Waals surface area contributed by atoms with E-state index in [1.165, 1.54) is 0 Å². The van der Waals surface area contributed by atoms with E-state index in [-0.39, 0.29) is 11.1 Å². The number of hydrogen-bond acceptors (Lipinski definition) is 5. The molecule has 1 unspecified atom stereocenters. The fourth-order valence-corrected chi connectivity index (χ4v) is 1.79. The van der Waals surface area contributed by atoms with Crippen LogP contribution in [0.25, 0.3) is 0 Å². The molecule has 0 radical (unpaired) electrons. The maximum atomic E-state index is 5.60. The van der Waals surface area contributed by atoms with Crippen LogP contribution in [0.3, 0.4) is 0 Å². The molecule has 1 saturated heterocycles. The van der Waals surface area contributed by atoms with Crippen molar-refractivity contribution in [1.29, 1.82) is 0 Å². The van der Waals surface area contributed by atoms with Crippen molar-refractivity contribution in [2.45, 2.75) is 6.10 Å². The van der Waals surface area contributed by atoms with Gasteiger partial charge >= 0.3 is 0 Å². The van der Waals surface area contributed by atoms with E-state index in [4.69, 9.17) is 27.4 Å². The zero-order valence-electron chi connectivity index (χ0n) is 9.39.